The van der Waals surface area contributed by atoms with E-state index in [1.807, 2.05) is 4.90 Å². The number of rotatable bonds is 3. The summed E-state index contributed by atoms with van der Waals surface area (Å²) in [6, 6.07) is 4.05. The first-order chi connectivity index (χ1) is 9.81. The number of hydrogen-bond acceptors (Lipinski definition) is 3. The zero-order valence-corrected chi connectivity index (χ0v) is 11.7. The average Bonchev–Trinajstić information content (AvgIpc) is 2.84. The topological polar surface area (TPSA) is 58.4 Å². The molecule has 21 heavy (non-hydrogen) atoms. The number of carbonyl (C=O) groups is 1. The Morgan fingerprint density at radius 3 is 2.76 bits per heavy atom. The number of anilines is 1. The Balaban J connectivity index is 2.17. The lowest BCUT2D eigenvalue weighted by Crippen LogP contribution is -2.35. The molecule has 0 bridgehead atoms. The van der Waals surface area contributed by atoms with Crippen molar-refractivity contribution in [1.29, 1.82) is 0 Å². The van der Waals surface area contributed by atoms with Crippen molar-refractivity contribution in [3.05, 3.63) is 29.3 Å². The second kappa shape index (κ2) is 5.93. The molecule has 1 aliphatic heterocycles. The molecular weight excluding hydrogens is 283 g/mol. The van der Waals surface area contributed by atoms with E-state index >= 15 is 0 Å². The number of carbonyl (C=O) groups excluding carboxylic acids is 1. The van der Waals surface area contributed by atoms with Gasteiger partial charge in [-0.15, -0.1) is 0 Å². The summed E-state index contributed by atoms with van der Waals surface area (Å²) in [5, 5.41) is 2.82. The molecule has 3 N–H and O–H groups in total. The van der Waals surface area contributed by atoms with E-state index < -0.39 is 11.7 Å². The number of nitrogens with one attached hydrogen (secondary N) is 1. The van der Waals surface area contributed by atoms with Gasteiger partial charge in [-0.2, -0.15) is 13.2 Å². The number of nitrogens with two attached hydrogens (primary N) is 1. The van der Waals surface area contributed by atoms with E-state index in [-0.39, 0.29) is 24.1 Å². The lowest BCUT2D eigenvalue weighted by molar-refractivity contribution is -0.138. The van der Waals surface area contributed by atoms with Gasteiger partial charge in [0.1, 0.15) is 0 Å². The third-order valence-electron chi connectivity index (χ3n) is 3.57. The molecule has 1 aromatic carbocycles. The Morgan fingerprint density at radius 2 is 2.19 bits per heavy atom. The number of nitrogens with zero attached hydrogens (tertiary/aromatic N) is 1. The van der Waals surface area contributed by atoms with Crippen LogP contribution in [0.2, 0.25) is 0 Å². The number of alkyl halides is 3. The Labute approximate surface area is 121 Å². The highest BCUT2D eigenvalue weighted by Crippen LogP contribution is 2.34. The molecule has 0 aliphatic carbocycles. The summed E-state index contributed by atoms with van der Waals surface area (Å²) in [5.41, 5.74) is 5.54. The molecular formula is C14H18F3N3O. The fourth-order valence-corrected chi connectivity index (χ4v) is 2.62. The van der Waals surface area contributed by atoms with Crippen LogP contribution in [0.5, 0.6) is 0 Å². The highest BCUT2D eigenvalue weighted by molar-refractivity contribution is 5.73. The van der Waals surface area contributed by atoms with Crippen LogP contribution in [0, 0.1) is 0 Å². The molecule has 1 unspecified atom stereocenters. The summed E-state index contributed by atoms with van der Waals surface area (Å²) < 4.78 is 38.5. The van der Waals surface area contributed by atoms with E-state index in [0.717, 1.165) is 12.5 Å². The van der Waals surface area contributed by atoms with Crippen LogP contribution in [-0.2, 0) is 17.5 Å². The van der Waals surface area contributed by atoms with Crippen LogP contribution in [0.4, 0.5) is 18.9 Å². The first kappa shape index (κ1) is 15.6. The Bertz CT molecular complexity index is 531. The smallest absolute Gasteiger partial charge is 0.369 e. The fourth-order valence-electron chi connectivity index (χ4n) is 2.62. The molecule has 4 nitrogen and oxygen atoms in total. The zero-order chi connectivity index (χ0) is 15.6. The third-order valence-corrected chi connectivity index (χ3v) is 3.57. The van der Waals surface area contributed by atoms with Gasteiger partial charge in [0.15, 0.2) is 0 Å². The summed E-state index contributed by atoms with van der Waals surface area (Å²) in [6.45, 7) is 2.58. The predicted molar refractivity (Wildman–Crippen MR) is 73.8 cm³/mol. The minimum atomic E-state index is -4.39. The van der Waals surface area contributed by atoms with Crippen LogP contribution >= 0.6 is 0 Å². The van der Waals surface area contributed by atoms with Crippen LogP contribution < -0.4 is 16.0 Å². The molecule has 1 saturated heterocycles. The van der Waals surface area contributed by atoms with Gasteiger partial charge in [-0.1, -0.05) is 0 Å². The maximum absolute atomic E-state index is 12.8. The average molecular weight is 301 g/mol. The van der Waals surface area contributed by atoms with Crippen molar-refractivity contribution in [2.45, 2.75) is 32.1 Å². The van der Waals surface area contributed by atoms with Crippen molar-refractivity contribution in [2.75, 3.05) is 18.0 Å². The lowest BCUT2D eigenvalue weighted by atomic mass is 10.1. The molecule has 116 valence electrons. The molecule has 0 spiro atoms. The van der Waals surface area contributed by atoms with Gasteiger partial charge in [-0.05, 0) is 30.2 Å². The van der Waals surface area contributed by atoms with E-state index in [9.17, 15) is 18.0 Å². The summed E-state index contributed by atoms with van der Waals surface area (Å²) in [5.74, 6) is -0.100. The molecule has 7 heteroatoms. The van der Waals surface area contributed by atoms with Crippen molar-refractivity contribution in [3.63, 3.8) is 0 Å². The van der Waals surface area contributed by atoms with E-state index in [1.54, 1.807) is 0 Å². The van der Waals surface area contributed by atoms with Crippen molar-refractivity contribution >= 4 is 11.6 Å². The molecule has 1 aliphatic rings. The van der Waals surface area contributed by atoms with Gasteiger partial charge < -0.3 is 16.0 Å². The van der Waals surface area contributed by atoms with Gasteiger partial charge in [-0.3, -0.25) is 4.79 Å². The highest BCUT2D eigenvalue weighted by Gasteiger charge is 2.33. The Kier molecular flexibility index (Phi) is 4.41. The van der Waals surface area contributed by atoms with Crippen molar-refractivity contribution in [3.8, 4) is 0 Å². The van der Waals surface area contributed by atoms with Crippen LogP contribution in [-0.4, -0.2) is 25.0 Å². The molecule has 1 amide bonds. The minimum absolute atomic E-state index is 0.0334. The third kappa shape index (κ3) is 3.66. The standard InChI is InChI=1S/C14H18F3N3O/c1-9(21)19-11-4-5-20(8-11)12-2-3-13(14(15,16)17)10(6-12)7-18/h2-3,6,11H,4-5,7-8,18H2,1H3,(H,19,21). The second-order valence-corrected chi connectivity index (χ2v) is 5.18. The van der Waals surface area contributed by atoms with E-state index in [0.29, 0.717) is 18.8 Å². The summed E-state index contributed by atoms with van der Waals surface area (Å²) in [4.78, 5) is 13.0. The SMILES string of the molecule is CC(=O)NC1CCN(c2ccc(C(F)(F)F)c(CN)c2)C1. The van der Waals surface area contributed by atoms with Gasteiger partial charge in [0.05, 0.1) is 5.56 Å². The molecule has 0 aromatic heterocycles. The zero-order valence-electron chi connectivity index (χ0n) is 11.7. The first-order valence-corrected chi connectivity index (χ1v) is 6.73. The van der Waals surface area contributed by atoms with Crippen molar-refractivity contribution in [1.82, 2.24) is 5.32 Å². The van der Waals surface area contributed by atoms with Gasteiger partial charge in [0.25, 0.3) is 0 Å². The number of amides is 1. The number of hydrogen-bond donors (Lipinski definition) is 2. The van der Waals surface area contributed by atoms with Gasteiger partial charge in [0.2, 0.25) is 5.91 Å². The van der Waals surface area contributed by atoms with Crippen molar-refractivity contribution < 1.29 is 18.0 Å². The van der Waals surface area contributed by atoms with Crippen LogP contribution in [0.25, 0.3) is 0 Å². The minimum Gasteiger partial charge on any atom is -0.369 e. The number of benzene rings is 1. The molecule has 1 heterocycles. The van der Waals surface area contributed by atoms with Crippen molar-refractivity contribution in [2.24, 2.45) is 5.73 Å². The van der Waals surface area contributed by atoms with E-state index in [4.69, 9.17) is 5.73 Å². The fraction of sp³-hybridized carbons (Fsp3) is 0.500. The first-order valence-electron chi connectivity index (χ1n) is 6.73. The maximum Gasteiger partial charge on any atom is 0.416 e. The van der Waals surface area contributed by atoms with E-state index in [2.05, 4.69) is 5.32 Å². The Morgan fingerprint density at radius 1 is 1.48 bits per heavy atom. The second-order valence-electron chi connectivity index (χ2n) is 5.18. The maximum atomic E-state index is 12.8. The summed E-state index contributed by atoms with van der Waals surface area (Å²) in [6.07, 6.45) is -3.62. The summed E-state index contributed by atoms with van der Waals surface area (Å²) in [7, 11) is 0. The van der Waals surface area contributed by atoms with Crippen LogP contribution in [0.1, 0.15) is 24.5 Å². The monoisotopic (exact) mass is 301 g/mol. The molecule has 1 fully saturated rings. The lowest BCUT2D eigenvalue weighted by Gasteiger charge is -2.21. The predicted octanol–water partition coefficient (Wildman–Crippen LogP) is 1.88. The van der Waals surface area contributed by atoms with Gasteiger partial charge in [-0.25, -0.2) is 0 Å². The number of halogens is 3. The van der Waals surface area contributed by atoms with Gasteiger partial charge >= 0.3 is 6.18 Å². The highest BCUT2D eigenvalue weighted by atomic mass is 19.4. The van der Waals surface area contributed by atoms with Crippen LogP contribution in [0.15, 0.2) is 18.2 Å². The Hall–Kier alpha value is -1.76. The molecule has 0 radical (unpaired) electrons. The molecule has 1 atom stereocenters. The largest absolute Gasteiger partial charge is 0.416 e. The molecule has 1 aromatic rings. The molecule has 2 rings (SSSR count). The van der Waals surface area contributed by atoms with E-state index in [1.165, 1.54) is 19.1 Å². The van der Waals surface area contributed by atoms with Gasteiger partial charge in [0, 0.05) is 38.3 Å². The normalized spacial score (nSPS) is 18.9. The quantitative estimate of drug-likeness (QED) is 0.896. The molecule has 0 saturated carbocycles. The van der Waals surface area contributed by atoms with Crippen LogP contribution in [0.3, 0.4) is 0 Å². The summed E-state index contributed by atoms with van der Waals surface area (Å²) >= 11 is 0.